The highest BCUT2D eigenvalue weighted by molar-refractivity contribution is 9.10. The molecular formula is C11H13BrO3. The lowest BCUT2D eigenvalue weighted by molar-refractivity contribution is -0.141. The van der Waals surface area contributed by atoms with Crippen molar-refractivity contribution in [1.82, 2.24) is 0 Å². The van der Waals surface area contributed by atoms with E-state index in [9.17, 15) is 9.90 Å². The third kappa shape index (κ3) is 4.01. The second-order valence-electron chi connectivity index (χ2n) is 3.18. The van der Waals surface area contributed by atoms with Crippen LogP contribution in [0.5, 0.6) is 0 Å². The van der Waals surface area contributed by atoms with Crippen molar-refractivity contribution in [2.24, 2.45) is 0 Å². The number of halogens is 1. The molecule has 0 bridgehead atoms. The summed E-state index contributed by atoms with van der Waals surface area (Å²) in [5, 5.41) is 9.73. The summed E-state index contributed by atoms with van der Waals surface area (Å²) < 4.78 is 5.46. The number of aliphatic hydroxyl groups is 1. The van der Waals surface area contributed by atoms with E-state index in [-0.39, 0.29) is 12.4 Å². The van der Waals surface area contributed by atoms with E-state index >= 15 is 0 Å². The van der Waals surface area contributed by atoms with Gasteiger partial charge in [-0.2, -0.15) is 0 Å². The number of rotatable bonds is 4. The number of hydrogen-bond donors (Lipinski definition) is 1. The summed E-state index contributed by atoms with van der Waals surface area (Å²) in [5.74, 6) is -0.300. The number of benzene rings is 1. The fourth-order valence-corrected chi connectivity index (χ4v) is 1.47. The van der Waals surface area contributed by atoms with Gasteiger partial charge in [0, 0.05) is 10.9 Å². The molecule has 1 N–H and O–H groups in total. The smallest absolute Gasteiger partial charge is 0.305 e. The van der Waals surface area contributed by atoms with Crippen LogP contribution in [0.3, 0.4) is 0 Å². The standard InChI is InChI=1S/C11H13BrO3/c1-15-11(14)7-6-10(13)8-2-4-9(12)5-3-8/h2-5,10,13H,6-7H2,1H3/t10-/m1/s1. The number of aliphatic hydroxyl groups excluding tert-OH is 1. The van der Waals surface area contributed by atoms with Crippen molar-refractivity contribution in [3.05, 3.63) is 34.3 Å². The lowest BCUT2D eigenvalue weighted by Crippen LogP contribution is -2.04. The molecule has 0 saturated heterocycles. The quantitative estimate of drug-likeness (QED) is 0.857. The number of methoxy groups -OCH3 is 1. The lowest BCUT2D eigenvalue weighted by Gasteiger charge is -2.09. The molecule has 0 amide bonds. The average molecular weight is 273 g/mol. The first kappa shape index (κ1) is 12.2. The molecule has 0 heterocycles. The molecule has 0 saturated carbocycles. The highest BCUT2D eigenvalue weighted by atomic mass is 79.9. The van der Waals surface area contributed by atoms with E-state index in [0.717, 1.165) is 10.0 Å². The van der Waals surface area contributed by atoms with Crippen LogP contribution in [0.1, 0.15) is 24.5 Å². The Morgan fingerprint density at radius 3 is 2.60 bits per heavy atom. The first-order valence-corrected chi connectivity index (χ1v) is 5.43. The second kappa shape index (κ2) is 5.88. The fourth-order valence-electron chi connectivity index (χ4n) is 1.21. The summed E-state index contributed by atoms with van der Waals surface area (Å²) in [6.45, 7) is 0. The van der Waals surface area contributed by atoms with Gasteiger partial charge in [-0.1, -0.05) is 28.1 Å². The fraction of sp³-hybridized carbons (Fsp3) is 0.364. The molecule has 0 aliphatic carbocycles. The van der Waals surface area contributed by atoms with E-state index in [1.54, 1.807) is 0 Å². The molecule has 4 heteroatoms. The minimum absolute atomic E-state index is 0.230. The highest BCUT2D eigenvalue weighted by Gasteiger charge is 2.10. The molecule has 82 valence electrons. The molecule has 1 atom stereocenters. The molecule has 0 aliphatic heterocycles. The Labute approximate surface area is 97.2 Å². The zero-order valence-electron chi connectivity index (χ0n) is 8.44. The summed E-state index contributed by atoms with van der Waals surface area (Å²) in [5.41, 5.74) is 0.808. The second-order valence-corrected chi connectivity index (χ2v) is 4.10. The summed E-state index contributed by atoms with van der Waals surface area (Å²) in [7, 11) is 1.34. The molecule has 0 unspecified atom stereocenters. The van der Waals surface area contributed by atoms with E-state index in [4.69, 9.17) is 0 Å². The largest absolute Gasteiger partial charge is 0.469 e. The number of esters is 1. The van der Waals surface area contributed by atoms with Gasteiger partial charge in [-0.3, -0.25) is 4.79 Å². The normalized spacial score (nSPS) is 12.2. The summed E-state index contributed by atoms with van der Waals surface area (Å²) >= 11 is 3.31. The van der Waals surface area contributed by atoms with Gasteiger partial charge in [-0.25, -0.2) is 0 Å². The Bertz CT molecular complexity index is 321. The first-order valence-electron chi connectivity index (χ1n) is 4.64. The third-order valence-electron chi connectivity index (χ3n) is 2.10. The van der Waals surface area contributed by atoms with Gasteiger partial charge in [0.15, 0.2) is 0 Å². The van der Waals surface area contributed by atoms with Crippen LogP contribution in [0.25, 0.3) is 0 Å². The number of ether oxygens (including phenoxy) is 1. The first-order chi connectivity index (χ1) is 7.13. The van der Waals surface area contributed by atoms with Crippen LogP contribution in [0.4, 0.5) is 0 Å². The van der Waals surface area contributed by atoms with Gasteiger partial charge in [-0.15, -0.1) is 0 Å². The van der Waals surface area contributed by atoms with Gasteiger partial charge in [0.05, 0.1) is 13.2 Å². The van der Waals surface area contributed by atoms with Gasteiger partial charge in [0.2, 0.25) is 0 Å². The summed E-state index contributed by atoms with van der Waals surface area (Å²) in [6.07, 6.45) is -0.000572. The summed E-state index contributed by atoms with van der Waals surface area (Å²) in [6, 6.07) is 7.37. The van der Waals surface area contributed by atoms with E-state index < -0.39 is 6.10 Å². The molecular weight excluding hydrogens is 260 g/mol. The average Bonchev–Trinajstić information content (AvgIpc) is 2.26. The number of carbonyl (C=O) groups excluding carboxylic acids is 1. The highest BCUT2D eigenvalue weighted by Crippen LogP contribution is 2.20. The minimum atomic E-state index is -0.614. The third-order valence-corrected chi connectivity index (χ3v) is 2.63. The molecule has 0 fully saturated rings. The maximum atomic E-state index is 10.9. The Hall–Kier alpha value is -0.870. The Kier molecular flexibility index (Phi) is 4.78. The molecule has 0 aliphatic rings. The van der Waals surface area contributed by atoms with E-state index in [2.05, 4.69) is 20.7 Å². The van der Waals surface area contributed by atoms with Crippen LogP contribution >= 0.6 is 15.9 Å². The predicted molar refractivity (Wildman–Crippen MR) is 60.4 cm³/mol. The van der Waals surface area contributed by atoms with Crippen LogP contribution in [-0.2, 0) is 9.53 Å². The topological polar surface area (TPSA) is 46.5 Å². The Morgan fingerprint density at radius 2 is 2.07 bits per heavy atom. The van der Waals surface area contributed by atoms with Crippen molar-refractivity contribution >= 4 is 21.9 Å². The van der Waals surface area contributed by atoms with E-state index in [1.165, 1.54) is 7.11 Å². The van der Waals surface area contributed by atoms with Crippen molar-refractivity contribution in [3.63, 3.8) is 0 Å². The molecule has 1 aromatic rings. The molecule has 3 nitrogen and oxygen atoms in total. The zero-order chi connectivity index (χ0) is 11.3. The maximum Gasteiger partial charge on any atom is 0.305 e. The molecule has 0 spiro atoms. The van der Waals surface area contributed by atoms with Crippen LogP contribution in [0.2, 0.25) is 0 Å². The van der Waals surface area contributed by atoms with Crippen LogP contribution < -0.4 is 0 Å². The minimum Gasteiger partial charge on any atom is -0.469 e. The van der Waals surface area contributed by atoms with Crippen molar-refractivity contribution in [1.29, 1.82) is 0 Å². The van der Waals surface area contributed by atoms with Crippen molar-refractivity contribution < 1.29 is 14.6 Å². The zero-order valence-corrected chi connectivity index (χ0v) is 10.0. The van der Waals surface area contributed by atoms with Gasteiger partial charge in [0.25, 0.3) is 0 Å². The van der Waals surface area contributed by atoms with Crippen LogP contribution in [0.15, 0.2) is 28.7 Å². The predicted octanol–water partition coefficient (Wildman–Crippen LogP) is 2.44. The van der Waals surface area contributed by atoms with Gasteiger partial charge in [-0.05, 0) is 24.1 Å². The molecule has 0 radical (unpaired) electrons. The SMILES string of the molecule is COC(=O)CC[C@@H](O)c1ccc(Br)cc1. The van der Waals surface area contributed by atoms with E-state index in [1.807, 2.05) is 24.3 Å². The monoisotopic (exact) mass is 272 g/mol. The molecule has 15 heavy (non-hydrogen) atoms. The maximum absolute atomic E-state index is 10.9. The Morgan fingerprint density at radius 1 is 1.47 bits per heavy atom. The van der Waals surface area contributed by atoms with Crippen molar-refractivity contribution in [2.45, 2.75) is 18.9 Å². The van der Waals surface area contributed by atoms with Gasteiger partial charge in [0.1, 0.15) is 0 Å². The van der Waals surface area contributed by atoms with Crippen molar-refractivity contribution in [3.8, 4) is 0 Å². The van der Waals surface area contributed by atoms with Crippen molar-refractivity contribution in [2.75, 3.05) is 7.11 Å². The molecule has 1 rings (SSSR count). The van der Waals surface area contributed by atoms with Gasteiger partial charge >= 0.3 is 5.97 Å². The molecule has 0 aromatic heterocycles. The molecule has 1 aromatic carbocycles. The van der Waals surface area contributed by atoms with Gasteiger partial charge < -0.3 is 9.84 Å². The Balaban J connectivity index is 2.50. The van der Waals surface area contributed by atoms with E-state index in [0.29, 0.717) is 6.42 Å². The van der Waals surface area contributed by atoms with Crippen LogP contribution in [0, 0.1) is 0 Å². The number of hydrogen-bond acceptors (Lipinski definition) is 3. The summed E-state index contributed by atoms with van der Waals surface area (Å²) in [4.78, 5) is 10.9. The van der Waals surface area contributed by atoms with Crippen LogP contribution in [-0.4, -0.2) is 18.2 Å². The number of carbonyl (C=O) groups is 1. The lowest BCUT2D eigenvalue weighted by atomic mass is 10.1.